The minimum atomic E-state index is -0.128. The molecule has 2 heterocycles. The van der Waals surface area contributed by atoms with E-state index in [2.05, 4.69) is 5.32 Å². The lowest BCUT2D eigenvalue weighted by Crippen LogP contribution is -2.39. The van der Waals surface area contributed by atoms with E-state index in [0.717, 1.165) is 41.8 Å². The lowest BCUT2D eigenvalue weighted by molar-refractivity contribution is 0.0706. The lowest BCUT2D eigenvalue weighted by atomic mass is 9.89. The highest BCUT2D eigenvalue weighted by atomic mass is 16.3. The molecule has 1 aliphatic heterocycles. The highest BCUT2D eigenvalue weighted by Gasteiger charge is 2.26. The quantitative estimate of drug-likeness (QED) is 0.682. The second-order valence-electron chi connectivity index (χ2n) is 7.84. The molecule has 30 heavy (non-hydrogen) atoms. The zero-order valence-corrected chi connectivity index (χ0v) is 17.1. The van der Waals surface area contributed by atoms with Gasteiger partial charge in [-0.3, -0.25) is 9.59 Å². The predicted octanol–water partition coefficient (Wildman–Crippen LogP) is 4.54. The molecule has 1 atom stereocenters. The third kappa shape index (κ3) is 4.62. The fourth-order valence-electron chi connectivity index (χ4n) is 3.93. The Morgan fingerprint density at radius 3 is 2.67 bits per heavy atom. The first-order valence-corrected chi connectivity index (χ1v) is 10.4. The number of amides is 2. The van der Waals surface area contributed by atoms with Crippen molar-refractivity contribution in [2.45, 2.75) is 32.2 Å². The molecule has 0 bridgehead atoms. The molecule has 3 aromatic rings. The summed E-state index contributed by atoms with van der Waals surface area (Å²) < 4.78 is 5.26. The van der Waals surface area contributed by atoms with Crippen LogP contribution in [0.15, 0.2) is 71.3 Å². The fraction of sp³-hybridized carbons (Fsp3) is 0.280. The van der Waals surface area contributed by atoms with Gasteiger partial charge in [-0.15, -0.1) is 0 Å². The number of aryl methyl sites for hydroxylation is 1. The molecule has 2 aromatic carbocycles. The van der Waals surface area contributed by atoms with E-state index in [1.165, 1.54) is 0 Å². The summed E-state index contributed by atoms with van der Waals surface area (Å²) in [4.78, 5) is 27.4. The van der Waals surface area contributed by atoms with Crippen molar-refractivity contribution < 1.29 is 14.0 Å². The third-order valence-corrected chi connectivity index (χ3v) is 5.63. The van der Waals surface area contributed by atoms with Crippen LogP contribution in [0.5, 0.6) is 0 Å². The van der Waals surface area contributed by atoms with Gasteiger partial charge in [-0.1, -0.05) is 29.8 Å². The number of nitrogens with one attached hydrogen (secondary N) is 1. The van der Waals surface area contributed by atoms with Crippen molar-refractivity contribution in [1.29, 1.82) is 0 Å². The standard InChI is InChI=1S/C25H26N2O3/c1-18-9-11-19(12-10-18)25(29)27-13-3-7-22(17-27)20-5-2-6-21(15-20)24(28)26-16-23-8-4-14-30-23/h2,4-6,8-12,14-15,22H,3,7,13,16-17H2,1H3,(H,26,28). The van der Waals surface area contributed by atoms with Crippen LogP contribution in [0.1, 0.15) is 56.4 Å². The van der Waals surface area contributed by atoms with Crippen LogP contribution in [0.2, 0.25) is 0 Å². The highest BCUT2D eigenvalue weighted by Crippen LogP contribution is 2.28. The summed E-state index contributed by atoms with van der Waals surface area (Å²) in [5.41, 5.74) is 3.60. The Balaban J connectivity index is 1.43. The molecule has 0 radical (unpaired) electrons. The molecule has 1 saturated heterocycles. The Hall–Kier alpha value is -3.34. The van der Waals surface area contributed by atoms with Gasteiger partial charge in [0.2, 0.25) is 0 Å². The zero-order chi connectivity index (χ0) is 20.9. The molecule has 5 heteroatoms. The Kier molecular flexibility index (Phi) is 5.98. The fourth-order valence-corrected chi connectivity index (χ4v) is 3.93. The molecule has 1 aromatic heterocycles. The average Bonchev–Trinajstić information content (AvgIpc) is 3.31. The van der Waals surface area contributed by atoms with Crippen molar-refractivity contribution in [1.82, 2.24) is 10.2 Å². The summed E-state index contributed by atoms with van der Waals surface area (Å²) in [6.07, 6.45) is 3.56. The number of benzene rings is 2. The largest absolute Gasteiger partial charge is 0.467 e. The van der Waals surface area contributed by atoms with Crippen LogP contribution in [-0.2, 0) is 6.54 Å². The Morgan fingerprint density at radius 2 is 1.90 bits per heavy atom. The van der Waals surface area contributed by atoms with E-state index < -0.39 is 0 Å². The summed E-state index contributed by atoms with van der Waals surface area (Å²) in [7, 11) is 0. The van der Waals surface area contributed by atoms with Gasteiger partial charge < -0.3 is 14.6 Å². The number of hydrogen-bond donors (Lipinski definition) is 1. The van der Waals surface area contributed by atoms with E-state index in [4.69, 9.17) is 4.42 Å². The first-order valence-electron chi connectivity index (χ1n) is 10.4. The van der Waals surface area contributed by atoms with Gasteiger partial charge >= 0.3 is 0 Å². The van der Waals surface area contributed by atoms with E-state index in [0.29, 0.717) is 18.7 Å². The summed E-state index contributed by atoms with van der Waals surface area (Å²) in [5, 5.41) is 2.89. The maximum atomic E-state index is 12.9. The summed E-state index contributed by atoms with van der Waals surface area (Å²) >= 11 is 0. The molecule has 2 amide bonds. The van der Waals surface area contributed by atoms with Gasteiger partial charge in [0.1, 0.15) is 5.76 Å². The van der Waals surface area contributed by atoms with Crippen LogP contribution in [0.3, 0.4) is 0 Å². The van der Waals surface area contributed by atoms with E-state index >= 15 is 0 Å². The first-order chi connectivity index (χ1) is 14.6. The molecule has 154 valence electrons. The number of likely N-dealkylation sites (tertiary alicyclic amines) is 1. The van der Waals surface area contributed by atoms with Crippen molar-refractivity contribution >= 4 is 11.8 Å². The monoisotopic (exact) mass is 402 g/mol. The van der Waals surface area contributed by atoms with Crippen LogP contribution in [0.4, 0.5) is 0 Å². The second kappa shape index (κ2) is 8.99. The lowest BCUT2D eigenvalue weighted by Gasteiger charge is -2.33. The smallest absolute Gasteiger partial charge is 0.253 e. The number of nitrogens with zero attached hydrogens (tertiary/aromatic N) is 1. The maximum Gasteiger partial charge on any atom is 0.253 e. The van der Waals surface area contributed by atoms with Gasteiger partial charge in [0.25, 0.3) is 11.8 Å². The molecule has 1 unspecified atom stereocenters. The number of carbonyl (C=O) groups is 2. The topological polar surface area (TPSA) is 62.6 Å². The predicted molar refractivity (Wildman–Crippen MR) is 115 cm³/mol. The van der Waals surface area contributed by atoms with Crippen LogP contribution >= 0.6 is 0 Å². The molecule has 5 nitrogen and oxygen atoms in total. The molecule has 1 N–H and O–H groups in total. The van der Waals surface area contributed by atoms with Gasteiger partial charge in [-0.2, -0.15) is 0 Å². The van der Waals surface area contributed by atoms with Crippen molar-refractivity contribution in [2.24, 2.45) is 0 Å². The Bertz CT molecular complexity index is 1010. The molecular weight excluding hydrogens is 376 g/mol. The van der Waals surface area contributed by atoms with Crippen LogP contribution in [0.25, 0.3) is 0 Å². The molecule has 1 fully saturated rings. The molecule has 0 spiro atoms. The Labute approximate surface area is 176 Å². The van der Waals surface area contributed by atoms with E-state index in [1.807, 2.05) is 66.4 Å². The molecule has 0 aliphatic carbocycles. The average molecular weight is 402 g/mol. The van der Waals surface area contributed by atoms with E-state index in [-0.39, 0.29) is 17.7 Å². The molecular formula is C25H26N2O3. The van der Waals surface area contributed by atoms with E-state index in [1.54, 1.807) is 12.3 Å². The van der Waals surface area contributed by atoms with Gasteiger partial charge in [-0.25, -0.2) is 0 Å². The Morgan fingerprint density at radius 1 is 1.07 bits per heavy atom. The number of furan rings is 1. The zero-order valence-electron chi connectivity index (χ0n) is 17.1. The van der Waals surface area contributed by atoms with Gasteiger partial charge in [0.15, 0.2) is 0 Å². The maximum absolute atomic E-state index is 12.9. The highest BCUT2D eigenvalue weighted by molar-refractivity contribution is 5.95. The molecule has 0 saturated carbocycles. The molecule has 1 aliphatic rings. The normalized spacial score (nSPS) is 16.3. The number of carbonyl (C=O) groups excluding carboxylic acids is 2. The summed E-state index contributed by atoms with van der Waals surface area (Å²) in [6.45, 7) is 3.82. The van der Waals surface area contributed by atoms with Crippen molar-refractivity contribution in [3.63, 3.8) is 0 Å². The molecule has 4 rings (SSSR count). The number of hydrogen-bond acceptors (Lipinski definition) is 3. The van der Waals surface area contributed by atoms with Crippen LogP contribution in [0, 0.1) is 6.92 Å². The minimum absolute atomic E-state index is 0.0760. The van der Waals surface area contributed by atoms with Crippen LogP contribution in [-0.4, -0.2) is 29.8 Å². The second-order valence-corrected chi connectivity index (χ2v) is 7.84. The number of piperidine rings is 1. The van der Waals surface area contributed by atoms with Crippen molar-refractivity contribution in [2.75, 3.05) is 13.1 Å². The van der Waals surface area contributed by atoms with Crippen molar-refractivity contribution in [3.8, 4) is 0 Å². The number of rotatable bonds is 5. The van der Waals surface area contributed by atoms with Crippen LogP contribution < -0.4 is 5.32 Å². The minimum Gasteiger partial charge on any atom is -0.467 e. The van der Waals surface area contributed by atoms with Gasteiger partial charge in [0.05, 0.1) is 12.8 Å². The van der Waals surface area contributed by atoms with Gasteiger partial charge in [0, 0.05) is 30.1 Å². The van der Waals surface area contributed by atoms with E-state index in [9.17, 15) is 9.59 Å². The van der Waals surface area contributed by atoms with Crippen molar-refractivity contribution in [3.05, 3.63) is 94.9 Å². The summed E-state index contributed by atoms with van der Waals surface area (Å²) in [6, 6.07) is 19.1. The van der Waals surface area contributed by atoms with Gasteiger partial charge in [-0.05, 0) is 61.7 Å². The third-order valence-electron chi connectivity index (χ3n) is 5.63. The SMILES string of the molecule is Cc1ccc(C(=O)N2CCCC(c3cccc(C(=O)NCc4ccco4)c3)C2)cc1. The summed E-state index contributed by atoms with van der Waals surface area (Å²) in [5.74, 6) is 0.895. The first kappa shape index (κ1) is 20.0.